The van der Waals surface area contributed by atoms with Crippen LogP contribution in [-0.4, -0.2) is 25.9 Å². The Morgan fingerprint density at radius 1 is 1.00 bits per heavy atom. The van der Waals surface area contributed by atoms with E-state index in [1.54, 1.807) is 22.9 Å². The highest BCUT2D eigenvalue weighted by atomic mass is 16.5. The summed E-state index contributed by atoms with van der Waals surface area (Å²) in [5.41, 5.74) is 2.93. The number of aromatic hydroxyl groups is 1. The van der Waals surface area contributed by atoms with Crippen LogP contribution in [0.5, 0.6) is 11.5 Å². The van der Waals surface area contributed by atoms with E-state index in [4.69, 9.17) is 4.74 Å². The molecule has 0 aliphatic rings. The monoisotopic (exact) mass is 411 g/mol. The maximum absolute atomic E-state index is 12.4. The van der Waals surface area contributed by atoms with Gasteiger partial charge >= 0.3 is 0 Å². The van der Waals surface area contributed by atoms with Crippen LogP contribution in [0.2, 0.25) is 0 Å². The molecule has 0 aliphatic heterocycles. The fourth-order valence-electron chi connectivity index (χ4n) is 3.05. The summed E-state index contributed by atoms with van der Waals surface area (Å²) in [4.78, 5) is 12.4. The van der Waals surface area contributed by atoms with Crippen LogP contribution in [0.3, 0.4) is 0 Å². The molecule has 0 saturated heterocycles. The van der Waals surface area contributed by atoms with Gasteiger partial charge in [0.2, 0.25) is 0 Å². The molecule has 0 fully saturated rings. The van der Waals surface area contributed by atoms with Crippen molar-refractivity contribution in [1.29, 1.82) is 0 Å². The molecular formula is C25H21N3O3. The molecule has 1 aromatic heterocycles. The average molecular weight is 411 g/mol. The number of ether oxygens (including phenoxy) is 1. The minimum absolute atomic E-state index is 0.132. The van der Waals surface area contributed by atoms with Crippen LogP contribution in [0.25, 0.3) is 6.08 Å². The number of phenols is 1. The highest BCUT2D eigenvalue weighted by Crippen LogP contribution is 2.25. The average Bonchev–Trinajstić information content (AvgIpc) is 3.25. The summed E-state index contributed by atoms with van der Waals surface area (Å²) in [7, 11) is 0. The molecule has 0 unspecified atom stereocenters. The van der Waals surface area contributed by atoms with Crippen LogP contribution in [0.15, 0.2) is 91.1 Å². The lowest BCUT2D eigenvalue weighted by atomic mass is 10.1. The quantitative estimate of drug-likeness (QED) is 0.341. The van der Waals surface area contributed by atoms with Gasteiger partial charge in [-0.25, -0.2) is 4.68 Å². The van der Waals surface area contributed by atoms with Crippen molar-refractivity contribution in [3.63, 3.8) is 0 Å². The highest BCUT2D eigenvalue weighted by molar-refractivity contribution is 6.08. The summed E-state index contributed by atoms with van der Waals surface area (Å²) >= 11 is 0. The number of rotatable bonds is 8. The number of carbonyl (C=O) groups excluding carboxylic acids is 1. The van der Waals surface area contributed by atoms with Gasteiger partial charge in [0.25, 0.3) is 0 Å². The second-order valence-corrected chi connectivity index (χ2v) is 6.97. The summed E-state index contributed by atoms with van der Waals surface area (Å²) in [6.45, 7) is 0.831. The molecule has 0 amide bonds. The van der Waals surface area contributed by atoms with Crippen LogP contribution in [0.1, 0.15) is 27.2 Å². The maximum Gasteiger partial charge on any atom is 0.189 e. The minimum atomic E-state index is -0.281. The fraction of sp³-hybridized carbons (Fsp3) is 0.0800. The largest absolute Gasteiger partial charge is 0.507 e. The van der Waals surface area contributed by atoms with Gasteiger partial charge in [-0.1, -0.05) is 72.0 Å². The Hall–Kier alpha value is -4.19. The van der Waals surface area contributed by atoms with E-state index in [0.29, 0.717) is 18.0 Å². The van der Waals surface area contributed by atoms with Crippen molar-refractivity contribution < 1.29 is 14.6 Å². The first-order chi connectivity index (χ1) is 15.2. The molecule has 154 valence electrons. The molecule has 4 rings (SSSR count). The molecule has 4 aromatic rings. The molecular weight excluding hydrogens is 390 g/mol. The Balaban J connectivity index is 1.35. The predicted molar refractivity (Wildman–Crippen MR) is 118 cm³/mol. The second kappa shape index (κ2) is 9.54. The smallest absolute Gasteiger partial charge is 0.189 e. The number of carbonyl (C=O) groups is 1. The molecule has 3 aromatic carbocycles. The fourth-order valence-corrected chi connectivity index (χ4v) is 3.05. The Kier molecular flexibility index (Phi) is 6.18. The van der Waals surface area contributed by atoms with Crippen LogP contribution in [-0.2, 0) is 13.2 Å². The number of aromatic nitrogens is 3. The van der Waals surface area contributed by atoms with Crippen molar-refractivity contribution in [3.05, 3.63) is 114 Å². The van der Waals surface area contributed by atoms with Gasteiger partial charge < -0.3 is 9.84 Å². The Morgan fingerprint density at radius 2 is 1.74 bits per heavy atom. The number of nitrogens with zero attached hydrogens (tertiary/aromatic N) is 3. The van der Waals surface area contributed by atoms with Gasteiger partial charge in [-0.3, -0.25) is 4.79 Å². The molecule has 0 saturated carbocycles. The number of ketones is 1. The SMILES string of the molecule is O=C(/C=C/c1ccccc1)c1ccc(OCc2cn(Cc3ccccc3)nn2)cc1O. The van der Waals surface area contributed by atoms with Crippen LogP contribution in [0, 0.1) is 0 Å². The molecule has 0 radical (unpaired) electrons. The lowest BCUT2D eigenvalue weighted by Crippen LogP contribution is -2.00. The van der Waals surface area contributed by atoms with E-state index in [1.165, 1.54) is 12.1 Å². The predicted octanol–water partition coefficient (Wildman–Crippen LogP) is 4.51. The molecule has 0 aliphatic carbocycles. The summed E-state index contributed by atoms with van der Waals surface area (Å²) in [6.07, 6.45) is 4.97. The molecule has 0 atom stereocenters. The van der Waals surface area contributed by atoms with Crippen molar-refractivity contribution >= 4 is 11.9 Å². The Bertz CT molecular complexity index is 1190. The molecule has 6 heteroatoms. The Morgan fingerprint density at radius 3 is 2.48 bits per heavy atom. The van der Waals surface area contributed by atoms with Crippen LogP contribution < -0.4 is 4.74 Å². The molecule has 0 bridgehead atoms. The number of hydrogen-bond acceptors (Lipinski definition) is 5. The third-order valence-corrected chi connectivity index (χ3v) is 4.62. The maximum atomic E-state index is 12.4. The molecule has 1 heterocycles. The standard InChI is InChI=1S/C25H21N3O3/c29-24(14-11-19-7-3-1-4-8-19)23-13-12-22(15-25(23)30)31-18-21-17-28(27-26-21)16-20-9-5-2-6-10-20/h1-15,17,30H,16,18H2/b14-11+. The van der Waals surface area contributed by atoms with Crippen molar-refractivity contribution in [1.82, 2.24) is 15.0 Å². The number of phenolic OH excluding ortho intramolecular Hbond substituents is 1. The normalized spacial score (nSPS) is 11.0. The summed E-state index contributed by atoms with van der Waals surface area (Å²) in [5.74, 6) is 0.0309. The van der Waals surface area contributed by atoms with Crippen molar-refractivity contribution in [2.45, 2.75) is 13.2 Å². The van der Waals surface area contributed by atoms with E-state index in [9.17, 15) is 9.90 Å². The first-order valence-electron chi connectivity index (χ1n) is 9.83. The molecule has 0 spiro atoms. The molecule has 6 nitrogen and oxygen atoms in total. The van der Waals surface area contributed by atoms with E-state index in [2.05, 4.69) is 10.3 Å². The van der Waals surface area contributed by atoms with E-state index < -0.39 is 0 Å². The van der Waals surface area contributed by atoms with Crippen LogP contribution >= 0.6 is 0 Å². The number of allylic oxidation sites excluding steroid dienone is 1. The zero-order chi connectivity index (χ0) is 21.5. The van der Waals surface area contributed by atoms with E-state index >= 15 is 0 Å². The summed E-state index contributed by atoms with van der Waals surface area (Å²) in [6, 6.07) is 24.1. The van der Waals surface area contributed by atoms with E-state index in [0.717, 1.165) is 11.1 Å². The lowest BCUT2D eigenvalue weighted by molar-refractivity contribution is 0.104. The summed E-state index contributed by atoms with van der Waals surface area (Å²) in [5, 5.41) is 18.5. The first-order valence-corrected chi connectivity index (χ1v) is 9.83. The number of benzene rings is 3. The minimum Gasteiger partial charge on any atom is -0.507 e. The van der Waals surface area contributed by atoms with Crippen LogP contribution in [0.4, 0.5) is 0 Å². The van der Waals surface area contributed by atoms with Gasteiger partial charge in [0.15, 0.2) is 5.78 Å². The van der Waals surface area contributed by atoms with E-state index in [1.807, 2.05) is 66.9 Å². The van der Waals surface area contributed by atoms with Gasteiger partial charge in [-0.2, -0.15) is 0 Å². The second-order valence-electron chi connectivity index (χ2n) is 6.97. The highest BCUT2D eigenvalue weighted by Gasteiger charge is 2.10. The van der Waals surface area contributed by atoms with Crippen molar-refractivity contribution in [2.75, 3.05) is 0 Å². The zero-order valence-corrected chi connectivity index (χ0v) is 16.8. The van der Waals surface area contributed by atoms with Gasteiger partial charge in [0.05, 0.1) is 18.3 Å². The van der Waals surface area contributed by atoms with E-state index in [-0.39, 0.29) is 23.7 Å². The third kappa shape index (κ3) is 5.45. The molecule has 31 heavy (non-hydrogen) atoms. The van der Waals surface area contributed by atoms with Gasteiger partial charge in [-0.05, 0) is 29.3 Å². The van der Waals surface area contributed by atoms with Gasteiger partial charge in [0.1, 0.15) is 23.8 Å². The van der Waals surface area contributed by atoms with Gasteiger partial charge in [-0.15, -0.1) is 5.10 Å². The Labute approximate surface area is 180 Å². The topological polar surface area (TPSA) is 77.2 Å². The number of hydrogen-bond donors (Lipinski definition) is 1. The zero-order valence-electron chi connectivity index (χ0n) is 16.8. The van der Waals surface area contributed by atoms with Crippen molar-refractivity contribution in [3.8, 4) is 11.5 Å². The molecule has 1 N–H and O–H groups in total. The summed E-state index contributed by atoms with van der Waals surface area (Å²) < 4.78 is 7.44. The first kappa shape index (κ1) is 20.1. The van der Waals surface area contributed by atoms with Crippen molar-refractivity contribution in [2.24, 2.45) is 0 Å². The third-order valence-electron chi connectivity index (χ3n) is 4.62. The lowest BCUT2D eigenvalue weighted by Gasteiger charge is -2.07. The van der Waals surface area contributed by atoms with Gasteiger partial charge in [0, 0.05) is 6.07 Å².